The number of ether oxygens (including phenoxy) is 3. The highest BCUT2D eigenvalue weighted by Crippen LogP contribution is 2.16. The first-order chi connectivity index (χ1) is 13.0. The second kappa shape index (κ2) is 10.5. The summed E-state index contributed by atoms with van der Waals surface area (Å²) in [6, 6.07) is 6.34. The molecule has 0 atom stereocenters. The van der Waals surface area contributed by atoms with Gasteiger partial charge in [0.2, 0.25) is 5.91 Å². The third-order valence-corrected chi connectivity index (χ3v) is 4.22. The summed E-state index contributed by atoms with van der Waals surface area (Å²) >= 11 is 0. The van der Waals surface area contributed by atoms with Gasteiger partial charge in [-0.3, -0.25) is 9.59 Å². The fraction of sp³-hybridized carbons (Fsp3) is 0.526. The molecule has 0 aromatic heterocycles. The smallest absolute Gasteiger partial charge is 0.434 e. The zero-order valence-electron chi connectivity index (χ0n) is 15.8. The Balaban J connectivity index is 1.91. The van der Waals surface area contributed by atoms with Crippen molar-refractivity contribution in [3.63, 3.8) is 0 Å². The van der Waals surface area contributed by atoms with E-state index in [0.717, 1.165) is 6.42 Å². The molecule has 148 valence electrons. The monoisotopic (exact) mass is 378 g/mol. The van der Waals surface area contributed by atoms with Crippen LogP contribution in [0.4, 0.5) is 4.79 Å². The number of nitrogens with zero attached hydrogens (tertiary/aromatic N) is 2. The van der Waals surface area contributed by atoms with Crippen molar-refractivity contribution in [1.82, 2.24) is 9.80 Å². The summed E-state index contributed by atoms with van der Waals surface area (Å²) < 4.78 is 14.6. The number of methoxy groups -OCH3 is 1. The average Bonchev–Trinajstić information content (AvgIpc) is 2.92. The largest absolute Gasteiger partial charge is 0.513 e. The molecule has 1 saturated heterocycles. The summed E-state index contributed by atoms with van der Waals surface area (Å²) in [5.41, 5.74) is 0.505. The number of hydrogen-bond donors (Lipinski definition) is 0. The SMILES string of the molecule is CCOC(=O)Oc1ccc(C(=O)N2CCCN(C(=O)CCOC)CC2)cc1. The molecule has 1 heterocycles. The molecule has 1 aliphatic heterocycles. The van der Waals surface area contributed by atoms with Crippen LogP contribution in [-0.4, -0.2) is 74.3 Å². The summed E-state index contributed by atoms with van der Waals surface area (Å²) in [6.45, 7) is 4.55. The molecule has 8 nitrogen and oxygen atoms in total. The number of rotatable bonds is 6. The van der Waals surface area contributed by atoms with E-state index >= 15 is 0 Å². The van der Waals surface area contributed by atoms with Gasteiger partial charge in [-0.05, 0) is 37.6 Å². The van der Waals surface area contributed by atoms with Gasteiger partial charge in [0.05, 0.1) is 19.6 Å². The lowest BCUT2D eigenvalue weighted by Crippen LogP contribution is -2.37. The quantitative estimate of drug-likeness (QED) is 0.555. The Kier molecular flexibility index (Phi) is 8.06. The molecule has 0 radical (unpaired) electrons. The minimum absolute atomic E-state index is 0.0478. The highest BCUT2D eigenvalue weighted by Gasteiger charge is 2.22. The number of carbonyl (C=O) groups excluding carboxylic acids is 3. The van der Waals surface area contributed by atoms with Gasteiger partial charge in [-0.2, -0.15) is 0 Å². The predicted octanol–water partition coefficient (Wildman–Crippen LogP) is 1.93. The van der Waals surface area contributed by atoms with E-state index in [2.05, 4.69) is 0 Å². The van der Waals surface area contributed by atoms with Gasteiger partial charge in [0.1, 0.15) is 5.75 Å². The molecule has 2 rings (SSSR count). The summed E-state index contributed by atoms with van der Waals surface area (Å²) in [7, 11) is 1.57. The van der Waals surface area contributed by atoms with Crippen LogP contribution in [0.2, 0.25) is 0 Å². The Morgan fingerprint density at radius 2 is 1.67 bits per heavy atom. The summed E-state index contributed by atoms with van der Waals surface area (Å²) in [4.78, 5) is 39.7. The third-order valence-electron chi connectivity index (χ3n) is 4.22. The second-order valence-corrected chi connectivity index (χ2v) is 6.08. The van der Waals surface area contributed by atoms with Gasteiger partial charge >= 0.3 is 6.16 Å². The van der Waals surface area contributed by atoms with Crippen molar-refractivity contribution in [1.29, 1.82) is 0 Å². The zero-order valence-corrected chi connectivity index (χ0v) is 15.8. The molecule has 0 saturated carbocycles. The molecule has 0 unspecified atom stereocenters. The molecule has 0 spiro atoms. The minimum atomic E-state index is -0.776. The van der Waals surface area contributed by atoms with Crippen LogP contribution in [0.25, 0.3) is 0 Å². The van der Waals surface area contributed by atoms with Crippen LogP contribution in [0.1, 0.15) is 30.1 Å². The maximum absolute atomic E-state index is 12.7. The summed E-state index contributed by atoms with van der Waals surface area (Å²) in [6.07, 6.45) is 0.309. The van der Waals surface area contributed by atoms with Gasteiger partial charge in [-0.25, -0.2) is 4.79 Å². The van der Waals surface area contributed by atoms with Crippen LogP contribution in [0, 0.1) is 0 Å². The van der Waals surface area contributed by atoms with E-state index in [1.54, 1.807) is 48.1 Å². The lowest BCUT2D eigenvalue weighted by atomic mass is 10.2. The molecule has 0 bridgehead atoms. The number of carbonyl (C=O) groups is 3. The van der Waals surface area contributed by atoms with Crippen molar-refractivity contribution in [3.05, 3.63) is 29.8 Å². The Hall–Kier alpha value is -2.61. The summed E-state index contributed by atoms with van der Waals surface area (Å²) in [5, 5.41) is 0. The molecule has 8 heteroatoms. The van der Waals surface area contributed by atoms with E-state index in [9.17, 15) is 14.4 Å². The number of benzene rings is 1. The standard InChI is InChI=1S/C19H26N2O6/c1-3-26-19(24)27-16-7-5-15(6-8-16)18(23)21-11-4-10-20(12-13-21)17(22)9-14-25-2/h5-8H,3-4,9-14H2,1-2H3. The molecule has 2 amide bonds. The highest BCUT2D eigenvalue weighted by molar-refractivity contribution is 5.94. The van der Waals surface area contributed by atoms with Gasteiger partial charge in [-0.1, -0.05) is 0 Å². The molecule has 1 aliphatic rings. The predicted molar refractivity (Wildman–Crippen MR) is 97.7 cm³/mol. The molecule has 27 heavy (non-hydrogen) atoms. The van der Waals surface area contributed by atoms with E-state index < -0.39 is 6.16 Å². The highest BCUT2D eigenvalue weighted by atomic mass is 16.7. The normalized spacial score (nSPS) is 14.4. The maximum Gasteiger partial charge on any atom is 0.513 e. The topological polar surface area (TPSA) is 85.4 Å². The van der Waals surface area contributed by atoms with E-state index in [4.69, 9.17) is 14.2 Å². The Labute approximate surface area is 159 Å². The molecule has 1 fully saturated rings. The van der Waals surface area contributed by atoms with Crippen LogP contribution in [0.5, 0.6) is 5.75 Å². The van der Waals surface area contributed by atoms with Crippen molar-refractivity contribution in [2.24, 2.45) is 0 Å². The van der Waals surface area contributed by atoms with Crippen LogP contribution >= 0.6 is 0 Å². The first-order valence-corrected chi connectivity index (χ1v) is 9.05. The Morgan fingerprint density at radius 1 is 1.00 bits per heavy atom. The van der Waals surface area contributed by atoms with Crippen LogP contribution in [-0.2, 0) is 14.3 Å². The van der Waals surface area contributed by atoms with Crippen molar-refractivity contribution < 1.29 is 28.6 Å². The van der Waals surface area contributed by atoms with Crippen LogP contribution in [0.15, 0.2) is 24.3 Å². The van der Waals surface area contributed by atoms with Crippen LogP contribution < -0.4 is 4.74 Å². The number of hydrogen-bond acceptors (Lipinski definition) is 6. The lowest BCUT2D eigenvalue weighted by Gasteiger charge is -2.22. The molecular formula is C19H26N2O6. The third kappa shape index (κ3) is 6.25. The first-order valence-electron chi connectivity index (χ1n) is 9.05. The van der Waals surface area contributed by atoms with E-state index in [0.29, 0.717) is 50.5 Å². The van der Waals surface area contributed by atoms with Crippen molar-refractivity contribution in [3.8, 4) is 5.75 Å². The van der Waals surface area contributed by atoms with Crippen molar-refractivity contribution in [2.75, 3.05) is 46.5 Å². The Morgan fingerprint density at radius 3 is 2.33 bits per heavy atom. The fourth-order valence-corrected chi connectivity index (χ4v) is 2.81. The molecule has 0 aliphatic carbocycles. The van der Waals surface area contributed by atoms with Gasteiger partial charge < -0.3 is 24.0 Å². The second-order valence-electron chi connectivity index (χ2n) is 6.08. The van der Waals surface area contributed by atoms with E-state index in [1.165, 1.54) is 0 Å². The van der Waals surface area contributed by atoms with Crippen molar-refractivity contribution >= 4 is 18.0 Å². The first kappa shape index (κ1) is 20.7. The summed E-state index contributed by atoms with van der Waals surface area (Å²) in [5.74, 6) is 0.256. The minimum Gasteiger partial charge on any atom is -0.434 e. The van der Waals surface area contributed by atoms with Gasteiger partial charge in [0.15, 0.2) is 0 Å². The van der Waals surface area contributed by atoms with Crippen LogP contribution in [0.3, 0.4) is 0 Å². The Bertz CT molecular complexity index is 646. The molecule has 1 aromatic carbocycles. The molecular weight excluding hydrogens is 352 g/mol. The molecule has 1 aromatic rings. The average molecular weight is 378 g/mol. The van der Waals surface area contributed by atoms with E-state index in [1.807, 2.05) is 0 Å². The van der Waals surface area contributed by atoms with Gasteiger partial charge in [0, 0.05) is 38.9 Å². The van der Waals surface area contributed by atoms with E-state index in [-0.39, 0.29) is 18.4 Å². The number of amides is 2. The lowest BCUT2D eigenvalue weighted by molar-refractivity contribution is -0.132. The van der Waals surface area contributed by atoms with Gasteiger partial charge in [0.25, 0.3) is 5.91 Å². The van der Waals surface area contributed by atoms with Gasteiger partial charge in [-0.15, -0.1) is 0 Å². The zero-order chi connectivity index (χ0) is 19.6. The maximum atomic E-state index is 12.7. The fourth-order valence-electron chi connectivity index (χ4n) is 2.81. The molecule has 0 N–H and O–H groups in total. The van der Waals surface area contributed by atoms with Crippen molar-refractivity contribution in [2.45, 2.75) is 19.8 Å².